The number of hydrogen-bond donors (Lipinski definition) is 0. The summed E-state index contributed by atoms with van der Waals surface area (Å²) in [4.78, 5) is 24.8. The number of benzene rings is 1. The molecule has 5 nitrogen and oxygen atoms in total. The third-order valence-corrected chi connectivity index (χ3v) is 4.59. The largest absolute Gasteiger partial charge is 0.338 e. The van der Waals surface area contributed by atoms with Gasteiger partial charge in [0.05, 0.1) is 4.92 Å². The molecular weight excluding hydrogens is 292 g/mol. The molecule has 0 aliphatic heterocycles. The zero-order chi connectivity index (χ0) is 15.6. The first-order valence-electron chi connectivity index (χ1n) is 7.13. The quantitative estimate of drug-likeness (QED) is 0.628. The summed E-state index contributed by atoms with van der Waals surface area (Å²) in [5.41, 5.74) is -0.243. The van der Waals surface area contributed by atoms with Crippen LogP contribution >= 0.6 is 11.6 Å². The molecule has 0 saturated heterocycles. The van der Waals surface area contributed by atoms with E-state index in [0.717, 1.165) is 19.3 Å². The van der Waals surface area contributed by atoms with Crippen molar-refractivity contribution in [3.05, 3.63) is 38.9 Å². The molecule has 0 N–H and O–H groups in total. The van der Waals surface area contributed by atoms with Gasteiger partial charge in [-0.25, -0.2) is 0 Å². The van der Waals surface area contributed by atoms with Gasteiger partial charge >= 0.3 is 5.69 Å². The van der Waals surface area contributed by atoms with Crippen LogP contribution in [0.4, 0.5) is 5.69 Å². The molecule has 2 atom stereocenters. The Morgan fingerprint density at radius 2 is 2.05 bits per heavy atom. The molecule has 114 valence electrons. The van der Waals surface area contributed by atoms with Gasteiger partial charge in [0.1, 0.15) is 10.6 Å². The number of nitro groups is 1. The highest BCUT2D eigenvalue weighted by atomic mass is 35.5. The molecule has 0 bridgehead atoms. The van der Waals surface area contributed by atoms with Crippen molar-refractivity contribution in [1.29, 1.82) is 0 Å². The average molecular weight is 311 g/mol. The van der Waals surface area contributed by atoms with Crippen molar-refractivity contribution in [2.24, 2.45) is 5.92 Å². The predicted octanol–water partition coefficient (Wildman–Crippen LogP) is 3.90. The third kappa shape index (κ3) is 3.18. The molecule has 1 aliphatic rings. The standard InChI is InChI=1S/C15H19ClN2O3/c1-10-6-3-4-9-13(10)17(2)15(19)11-7-5-8-12(16)14(11)18(20)21/h5,7-8,10,13H,3-4,6,9H2,1-2H3. The number of hydrogen-bond acceptors (Lipinski definition) is 3. The molecule has 1 fully saturated rings. The minimum Gasteiger partial charge on any atom is -0.338 e. The fourth-order valence-corrected chi connectivity index (χ4v) is 3.33. The van der Waals surface area contributed by atoms with Crippen LogP contribution in [0.3, 0.4) is 0 Å². The third-order valence-electron chi connectivity index (χ3n) is 4.28. The molecule has 1 saturated carbocycles. The SMILES string of the molecule is CC1CCCCC1N(C)C(=O)c1cccc(Cl)c1[N+](=O)[O-]. The Morgan fingerprint density at radius 3 is 2.67 bits per heavy atom. The Labute approximate surface area is 129 Å². The second-order valence-electron chi connectivity index (χ2n) is 5.64. The highest BCUT2D eigenvalue weighted by Gasteiger charge is 2.32. The second-order valence-corrected chi connectivity index (χ2v) is 6.05. The topological polar surface area (TPSA) is 63.5 Å². The number of halogens is 1. The predicted molar refractivity (Wildman–Crippen MR) is 81.6 cm³/mol. The van der Waals surface area contributed by atoms with E-state index in [4.69, 9.17) is 11.6 Å². The Morgan fingerprint density at radius 1 is 1.38 bits per heavy atom. The lowest BCUT2D eigenvalue weighted by Crippen LogP contribution is -2.42. The van der Waals surface area contributed by atoms with Crippen LogP contribution in [-0.2, 0) is 0 Å². The van der Waals surface area contributed by atoms with Gasteiger partial charge in [-0.1, -0.05) is 37.4 Å². The van der Waals surface area contributed by atoms with Crippen molar-refractivity contribution in [1.82, 2.24) is 4.90 Å². The van der Waals surface area contributed by atoms with E-state index in [9.17, 15) is 14.9 Å². The first-order chi connectivity index (χ1) is 9.93. The fourth-order valence-electron chi connectivity index (χ4n) is 3.09. The number of para-hydroxylation sites is 1. The van der Waals surface area contributed by atoms with Crippen LogP contribution in [0.5, 0.6) is 0 Å². The Bertz CT molecular complexity index is 562. The summed E-state index contributed by atoms with van der Waals surface area (Å²) in [6.07, 6.45) is 4.29. The van der Waals surface area contributed by atoms with E-state index in [1.165, 1.54) is 18.6 Å². The summed E-state index contributed by atoms with van der Waals surface area (Å²) in [6, 6.07) is 4.60. The van der Waals surface area contributed by atoms with Crippen LogP contribution in [0.15, 0.2) is 18.2 Å². The molecule has 1 aromatic carbocycles. The summed E-state index contributed by atoms with van der Waals surface area (Å²) in [7, 11) is 1.72. The lowest BCUT2D eigenvalue weighted by atomic mass is 9.85. The summed E-state index contributed by atoms with van der Waals surface area (Å²) in [6.45, 7) is 2.12. The van der Waals surface area contributed by atoms with E-state index in [0.29, 0.717) is 5.92 Å². The van der Waals surface area contributed by atoms with Gasteiger partial charge in [-0.2, -0.15) is 0 Å². The summed E-state index contributed by atoms with van der Waals surface area (Å²) < 4.78 is 0. The molecular formula is C15H19ClN2O3. The van der Waals surface area contributed by atoms with Gasteiger partial charge in [0.2, 0.25) is 0 Å². The fraction of sp³-hybridized carbons (Fsp3) is 0.533. The van der Waals surface area contributed by atoms with Gasteiger partial charge in [-0.15, -0.1) is 0 Å². The molecule has 6 heteroatoms. The first kappa shape index (κ1) is 15.8. The number of rotatable bonds is 3. The van der Waals surface area contributed by atoms with E-state index in [-0.39, 0.29) is 28.2 Å². The van der Waals surface area contributed by atoms with Crippen LogP contribution < -0.4 is 0 Å². The zero-order valence-electron chi connectivity index (χ0n) is 12.2. The van der Waals surface area contributed by atoms with E-state index in [1.807, 2.05) is 0 Å². The highest BCUT2D eigenvalue weighted by Crippen LogP contribution is 2.32. The van der Waals surface area contributed by atoms with Crippen LogP contribution in [0.2, 0.25) is 5.02 Å². The molecule has 0 heterocycles. The van der Waals surface area contributed by atoms with Gasteiger partial charge in [0.15, 0.2) is 0 Å². The lowest BCUT2D eigenvalue weighted by Gasteiger charge is -2.36. The van der Waals surface area contributed by atoms with Crippen LogP contribution in [0.25, 0.3) is 0 Å². The van der Waals surface area contributed by atoms with E-state index in [1.54, 1.807) is 18.0 Å². The summed E-state index contributed by atoms with van der Waals surface area (Å²) in [5, 5.41) is 11.2. The average Bonchev–Trinajstić information content (AvgIpc) is 2.45. The van der Waals surface area contributed by atoms with Crippen LogP contribution in [0, 0.1) is 16.0 Å². The van der Waals surface area contributed by atoms with Crippen molar-refractivity contribution >= 4 is 23.2 Å². The molecule has 0 spiro atoms. The Kier molecular flexibility index (Phi) is 4.83. The van der Waals surface area contributed by atoms with E-state index in [2.05, 4.69) is 6.92 Å². The van der Waals surface area contributed by atoms with E-state index < -0.39 is 4.92 Å². The molecule has 0 aromatic heterocycles. The number of nitro benzene ring substituents is 1. The summed E-state index contributed by atoms with van der Waals surface area (Å²) in [5.74, 6) is 0.0777. The van der Waals surface area contributed by atoms with Gasteiger partial charge in [0, 0.05) is 13.1 Å². The molecule has 21 heavy (non-hydrogen) atoms. The van der Waals surface area contributed by atoms with Crippen molar-refractivity contribution < 1.29 is 9.72 Å². The molecule has 2 rings (SSSR count). The molecule has 2 unspecified atom stereocenters. The van der Waals surface area contributed by atoms with Crippen molar-refractivity contribution in [2.45, 2.75) is 38.6 Å². The molecule has 0 radical (unpaired) electrons. The lowest BCUT2D eigenvalue weighted by molar-refractivity contribution is -0.385. The van der Waals surface area contributed by atoms with Gasteiger partial charge in [-0.05, 0) is 30.9 Å². The molecule has 1 aromatic rings. The highest BCUT2D eigenvalue weighted by molar-refractivity contribution is 6.33. The Balaban J connectivity index is 2.31. The minimum absolute atomic E-state index is 0.00376. The first-order valence-corrected chi connectivity index (χ1v) is 7.51. The van der Waals surface area contributed by atoms with Gasteiger partial charge in [-0.3, -0.25) is 14.9 Å². The van der Waals surface area contributed by atoms with Crippen molar-refractivity contribution in [2.75, 3.05) is 7.05 Å². The monoisotopic (exact) mass is 310 g/mol. The maximum atomic E-state index is 12.6. The van der Waals surface area contributed by atoms with Crippen LogP contribution in [-0.4, -0.2) is 28.8 Å². The number of amides is 1. The smallest absolute Gasteiger partial charge is 0.300 e. The van der Waals surface area contributed by atoms with Gasteiger partial charge in [0.25, 0.3) is 5.91 Å². The zero-order valence-corrected chi connectivity index (χ0v) is 13.0. The normalized spacial score (nSPS) is 21.9. The number of carbonyl (C=O) groups is 1. The van der Waals surface area contributed by atoms with Crippen molar-refractivity contribution in [3.63, 3.8) is 0 Å². The minimum atomic E-state index is -0.590. The van der Waals surface area contributed by atoms with Crippen LogP contribution in [0.1, 0.15) is 43.0 Å². The number of nitrogens with zero attached hydrogens (tertiary/aromatic N) is 2. The van der Waals surface area contributed by atoms with Crippen molar-refractivity contribution in [3.8, 4) is 0 Å². The second kappa shape index (κ2) is 6.43. The summed E-state index contributed by atoms with van der Waals surface area (Å²) >= 11 is 5.88. The van der Waals surface area contributed by atoms with Gasteiger partial charge < -0.3 is 4.90 Å². The maximum absolute atomic E-state index is 12.6. The Hall–Kier alpha value is -1.62. The molecule has 1 amide bonds. The maximum Gasteiger partial charge on any atom is 0.300 e. The number of carbonyl (C=O) groups excluding carboxylic acids is 1. The molecule has 1 aliphatic carbocycles. The van der Waals surface area contributed by atoms with E-state index >= 15 is 0 Å².